The zero-order valence-electron chi connectivity index (χ0n) is 18.6. The maximum absolute atomic E-state index is 13.4. The molecule has 0 aliphatic carbocycles. The Balaban J connectivity index is 1.51. The van der Waals surface area contributed by atoms with Crippen molar-refractivity contribution >= 4 is 11.8 Å². The largest absolute Gasteiger partial charge is 0.467 e. The maximum atomic E-state index is 13.4. The lowest BCUT2D eigenvalue weighted by Crippen LogP contribution is -2.47. The van der Waals surface area contributed by atoms with Crippen LogP contribution in [-0.2, 0) is 16.1 Å². The zero-order chi connectivity index (χ0) is 22.5. The molecule has 0 unspecified atom stereocenters. The summed E-state index contributed by atoms with van der Waals surface area (Å²) in [6, 6.07) is 8.66. The van der Waals surface area contributed by atoms with E-state index >= 15 is 0 Å². The molecule has 4 rings (SSSR count). The van der Waals surface area contributed by atoms with Gasteiger partial charge in [0.25, 0.3) is 5.91 Å². The Kier molecular flexibility index (Phi) is 6.99. The Hall–Kier alpha value is -3.00. The molecular weight excluding hydrogens is 412 g/mol. The molecule has 2 aliphatic heterocycles. The highest BCUT2D eigenvalue weighted by atomic mass is 16.7. The second-order valence-electron chi connectivity index (χ2n) is 8.25. The predicted octanol–water partition coefficient (Wildman–Crippen LogP) is 3.46. The van der Waals surface area contributed by atoms with Gasteiger partial charge in [-0.05, 0) is 56.5 Å². The highest BCUT2D eigenvalue weighted by molar-refractivity contribution is 5.97. The molecule has 1 fully saturated rings. The summed E-state index contributed by atoms with van der Waals surface area (Å²) >= 11 is 0. The summed E-state index contributed by atoms with van der Waals surface area (Å²) in [6.07, 6.45) is 4.25. The topological polar surface area (TPSA) is 81.5 Å². The van der Waals surface area contributed by atoms with Gasteiger partial charge in [0.05, 0.1) is 18.9 Å². The first-order chi connectivity index (χ1) is 15.5. The summed E-state index contributed by atoms with van der Waals surface area (Å²) in [5, 5.41) is 0. The number of furan rings is 1. The fourth-order valence-corrected chi connectivity index (χ4v) is 3.97. The normalized spacial score (nSPS) is 17.9. The van der Waals surface area contributed by atoms with E-state index in [0.717, 1.165) is 25.9 Å². The molecule has 8 nitrogen and oxygen atoms in total. The molecule has 2 amide bonds. The lowest BCUT2D eigenvalue weighted by atomic mass is 10.1. The lowest BCUT2D eigenvalue weighted by Gasteiger charge is -2.32. The fourth-order valence-electron chi connectivity index (χ4n) is 3.97. The van der Waals surface area contributed by atoms with Gasteiger partial charge in [-0.25, -0.2) is 0 Å². The van der Waals surface area contributed by atoms with Crippen LogP contribution in [0.25, 0.3) is 0 Å². The van der Waals surface area contributed by atoms with E-state index < -0.39 is 0 Å². The monoisotopic (exact) mass is 442 g/mol. The van der Waals surface area contributed by atoms with E-state index in [-0.39, 0.29) is 37.3 Å². The van der Waals surface area contributed by atoms with Gasteiger partial charge in [-0.3, -0.25) is 9.59 Å². The van der Waals surface area contributed by atoms with Gasteiger partial charge in [-0.15, -0.1) is 0 Å². The minimum Gasteiger partial charge on any atom is -0.467 e. The minimum atomic E-state index is -0.207. The average molecular weight is 443 g/mol. The van der Waals surface area contributed by atoms with Crippen LogP contribution in [0, 0.1) is 0 Å². The van der Waals surface area contributed by atoms with Crippen molar-refractivity contribution in [1.82, 2.24) is 9.80 Å². The number of carbonyl (C=O) groups is 2. The van der Waals surface area contributed by atoms with E-state index in [0.29, 0.717) is 35.9 Å². The van der Waals surface area contributed by atoms with E-state index in [1.165, 1.54) is 0 Å². The molecule has 172 valence electrons. The van der Waals surface area contributed by atoms with Gasteiger partial charge in [-0.2, -0.15) is 0 Å². The van der Waals surface area contributed by atoms with E-state index in [2.05, 4.69) is 0 Å². The van der Waals surface area contributed by atoms with Gasteiger partial charge in [0, 0.05) is 24.8 Å². The molecule has 2 aromatic rings. The third-order valence-electron chi connectivity index (χ3n) is 6.04. The smallest absolute Gasteiger partial charge is 0.254 e. The van der Waals surface area contributed by atoms with Gasteiger partial charge < -0.3 is 28.4 Å². The second kappa shape index (κ2) is 10.1. The van der Waals surface area contributed by atoms with E-state index in [1.54, 1.807) is 40.3 Å². The molecule has 1 aromatic heterocycles. The first-order valence-corrected chi connectivity index (χ1v) is 11.2. The Labute approximate surface area is 188 Å². The van der Waals surface area contributed by atoms with Crippen LogP contribution in [0.15, 0.2) is 41.0 Å². The molecule has 8 heteroatoms. The number of ether oxygens (including phenoxy) is 3. The van der Waals surface area contributed by atoms with Crippen molar-refractivity contribution in [1.29, 1.82) is 0 Å². The number of fused-ring (bicyclic) bond motifs is 1. The Bertz CT molecular complexity index is 923. The van der Waals surface area contributed by atoms with Crippen LogP contribution >= 0.6 is 0 Å². The minimum absolute atomic E-state index is 0.00974. The van der Waals surface area contributed by atoms with Crippen LogP contribution in [0.1, 0.15) is 49.2 Å². The zero-order valence-corrected chi connectivity index (χ0v) is 18.6. The molecule has 0 spiro atoms. The Morgan fingerprint density at radius 2 is 2.03 bits per heavy atom. The molecule has 0 radical (unpaired) electrons. The molecular formula is C24H30N2O6. The van der Waals surface area contributed by atoms with Gasteiger partial charge in [0.2, 0.25) is 12.7 Å². The summed E-state index contributed by atoms with van der Waals surface area (Å²) in [6.45, 7) is 5.62. The second-order valence-corrected chi connectivity index (χ2v) is 8.25. The highest BCUT2D eigenvalue weighted by Gasteiger charge is 2.29. The van der Waals surface area contributed by atoms with E-state index in [9.17, 15) is 9.59 Å². The highest BCUT2D eigenvalue weighted by Crippen LogP contribution is 2.33. The molecule has 2 atom stereocenters. The molecule has 2 aliphatic rings. The maximum Gasteiger partial charge on any atom is 0.254 e. The number of amides is 2. The summed E-state index contributed by atoms with van der Waals surface area (Å²) in [5.74, 6) is 1.53. The number of rotatable bonds is 9. The van der Waals surface area contributed by atoms with Gasteiger partial charge in [0.15, 0.2) is 11.5 Å². The molecule has 3 heterocycles. The lowest BCUT2D eigenvalue weighted by molar-refractivity contribution is -0.134. The van der Waals surface area contributed by atoms with Crippen LogP contribution < -0.4 is 9.47 Å². The number of benzene rings is 1. The standard InChI is InChI=1S/C24H30N2O6/c1-3-17(2)26(24(28)18-8-9-21-22(12-18)32-16-31-21)15-23(27)25(13-19-6-4-10-29-19)14-20-7-5-11-30-20/h4,6,8-10,12,17,20H,3,5,7,11,13-16H2,1-2H3/t17-,20+/m1/s1. The van der Waals surface area contributed by atoms with Gasteiger partial charge >= 0.3 is 0 Å². The quantitative estimate of drug-likeness (QED) is 0.592. The van der Waals surface area contributed by atoms with Crippen molar-refractivity contribution in [2.24, 2.45) is 0 Å². The van der Waals surface area contributed by atoms with Crippen LogP contribution in [0.2, 0.25) is 0 Å². The van der Waals surface area contributed by atoms with Crippen molar-refractivity contribution < 1.29 is 28.2 Å². The fraction of sp³-hybridized carbons (Fsp3) is 0.500. The molecule has 0 saturated carbocycles. The van der Waals surface area contributed by atoms with Crippen LogP contribution in [-0.4, -0.2) is 60.2 Å². The summed E-state index contributed by atoms with van der Waals surface area (Å²) in [4.78, 5) is 30.1. The van der Waals surface area contributed by atoms with E-state index in [4.69, 9.17) is 18.6 Å². The number of nitrogens with zero attached hydrogens (tertiary/aromatic N) is 2. The molecule has 1 saturated heterocycles. The molecule has 0 bridgehead atoms. The van der Waals surface area contributed by atoms with Crippen LogP contribution in [0.5, 0.6) is 11.5 Å². The van der Waals surface area contributed by atoms with Crippen LogP contribution in [0.3, 0.4) is 0 Å². The van der Waals surface area contributed by atoms with Crippen molar-refractivity contribution in [3.8, 4) is 11.5 Å². The first kappa shape index (κ1) is 22.2. The third-order valence-corrected chi connectivity index (χ3v) is 6.04. The predicted molar refractivity (Wildman–Crippen MR) is 116 cm³/mol. The van der Waals surface area contributed by atoms with E-state index in [1.807, 2.05) is 19.9 Å². The van der Waals surface area contributed by atoms with Gasteiger partial charge in [-0.1, -0.05) is 6.92 Å². The Morgan fingerprint density at radius 1 is 1.19 bits per heavy atom. The molecule has 1 aromatic carbocycles. The van der Waals surface area contributed by atoms with Crippen molar-refractivity contribution in [2.45, 2.75) is 51.8 Å². The molecule has 0 N–H and O–H groups in total. The SMILES string of the molecule is CC[C@@H](C)N(CC(=O)N(Cc1ccco1)C[C@@H]1CCCO1)C(=O)c1ccc2c(c1)OCO2. The van der Waals surface area contributed by atoms with Crippen molar-refractivity contribution in [3.63, 3.8) is 0 Å². The number of carbonyl (C=O) groups excluding carboxylic acids is 2. The van der Waals surface area contributed by atoms with Gasteiger partial charge in [0.1, 0.15) is 12.3 Å². The van der Waals surface area contributed by atoms with Crippen molar-refractivity contribution in [3.05, 3.63) is 47.9 Å². The third kappa shape index (κ3) is 5.07. The summed E-state index contributed by atoms with van der Waals surface area (Å²) in [7, 11) is 0. The van der Waals surface area contributed by atoms with Crippen LogP contribution in [0.4, 0.5) is 0 Å². The summed E-state index contributed by atoms with van der Waals surface area (Å²) < 4.78 is 22.0. The number of hydrogen-bond donors (Lipinski definition) is 0. The summed E-state index contributed by atoms with van der Waals surface area (Å²) in [5.41, 5.74) is 0.471. The van der Waals surface area contributed by atoms with Crippen molar-refractivity contribution in [2.75, 3.05) is 26.5 Å². The average Bonchev–Trinajstić information content (AvgIpc) is 3.58. The first-order valence-electron chi connectivity index (χ1n) is 11.2. The Morgan fingerprint density at radius 3 is 2.75 bits per heavy atom. The number of hydrogen-bond acceptors (Lipinski definition) is 6. The molecule has 32 heavy (non-hydrogen) atoms.